The van der Waals surface area contributed by atoms with Gasteiger partial charge in [-0.25, -0.2) is 8.78 Å². The van der Waals surface area contributed by atoms with Gasteiger partial charge in [0.25, 0.3) is 0 Å². The van der Waals surface area contributed by atoms with E-state index in [1.165, 1.54) is 0 Å². The molecule has 0 atom stereocenters. The van der Waals surface area contributed by atoms with E-state index in [0.29, 0.717) is 3.57 Å². The van der Waals surface area contributed by atoms with Gasteiger partial charge >= 0.3 is 0 Å². The summed E-state index contributed by atoms with van der Waals surface area (Å²) in [6.07, 6.45) is 0. The predicted molar refractivity (Wildman–Crippen MR) is 47.9 cm³/mol. The minimum Gasteiger partial charge on any atom is -0.206 e. The second-order valence-electron chi connectivity index (χ2n) is 1.91. The molecule has 0 radical (unpaired) electrons. The summed E-state index contributed by atoms with van der Waals surface area (Å²) < 4.78 is 26.0. The lowest BCUT2D eigenvalue weighted by atomic mass is 10.3. The van der Waals surface area contributed by atoms with Crippen LogP contribution in [0.2, 0.25) is 0 Å². The molecule has 0 fully saturated rings. The van der Waals surface area contributed by atoms with Crippen LogP contribution in [0.15, 0.2) is 17.2 Å². The molecule has 0 heterocycles. The van der Waals surface area contributed by atoms with Crippen LogP contribution >= 0.6 is 22.6 Å². The molecule has 0 saturated carbocycles. The van der Waals surface area contributed by atoms with Crippen molar-refractivity contribution in [3.05, 3.63) is 37.8 Å². The molecule has 0 aromatic heterocycles. The average Bonchev–Trinajstić information content (AvgIpc) is 1.96. The number of benzene rings is 1. The van der Waals surface area contributed by atoms with Crippen molar-refractivity contribution in [3.63, 3.8) is 0 Å². The van der Waals surface area contributed by atoms with E-state index in [0.717, 1.165) is 12.1 Å². The van der Waals surface area contributed by atoms with Gasteiger partial charge in [0.2, 0.25) is 0 Å². The third-order valence-electron chi connectivity index (χ3n) is 1.13. The molecule has 0 bridgehead atoms. The Hall–Kier alpha value is -0.880. The zero-order valence-corrected chi connectivity index (χ0v) is 7.79. The molecule has 1 rings (SSSR count). The molecule has 0 saturated heterocycles. The molecule has 0 aliphatic carbocycles. The first-order valence-electron chi connectivity index (χ1n) is 2.85. The van der Waals surface area contributed by atoms with Crippen LogP contribution < -0.4 is 0 Å². The highest BCUT2D eigenvalue weighted by Gasteiger charge is 2.07. The fraction of sp³-hybridized carbons (Fsp3) is 0. The van der Waals surface area contributed by atoms with Gasteiger partial charge in [-0.05, 0) is 40.3 Å². The Bertz CT molecular complexity index is 337. The van der Waals surface area contributed by atoms with Gasteiger partial charge < -0.3 is 0 Å². The van der Waals surface area contributed by atoms with Crippen LogP contribution in [-0.4, -0.2) is 0 Å². The molecule has 1 aromatic rings. The van der Waals surface area contributed by atoms with Crippen molar-refractivity contribution in [2.45, 2.75) is 0 Å². The summed E-state index contributed by atoms with van der Waals surface area (Å²) in [5, 5.41) is 2.87. The van der Waals surface area contributed by atoms with Crippen molar-refractivity contribution in [2.24, 2.45) is 5.11 Å². The summed E-state index contributed by atoms with van der Waals surface area (Å²) in [5.41, 5.74) is 7.38. The first kappa shape index (κ1) is 9.21. The van der Waals surface area contributed by atoms with Crippen LogP contribution in [0.5, 0.6) is 0 Å². The predicted octanol–water partition coefficient (Wildman–Crippen LogP) is 3.51. The molecule has 6 heteroatoms. The van der Waals surface area contributed by atoms with Crippen LogP contribution in [0.1, 0.15) is 0 Å². The van der Waals surface area contributed by atoms with Crippen molar-refractivity contribution in [1.29, 1.82) is 0 Å². The van der Waals surface area contributed by atoms with Gasteiger partial charge in [-0.1, -0.05) is 5.11 Å². The van der Waals surface area contributed by atoms with Gasteiger partial charge in [-0.2, -0.15) is 0 Å². The maximum atomic E-state index is 12.8. The lowest BCUT2D eigenvalue weighted by Crippen LogP contribution is -1.83. The Morgan fingerprint density at radius 1 is 1.33 bits per heavy atom. The van der Waals surface area contributed by atoms with Crippen molar-refractivity contribution in [1.82, 2.24) is 0 Å². The molecule has 12 heavy (non-hydrogen) atoms. The van der Waals surface area contributed by atoms with Crippen LogP contribution in [0, 0.1) is 15.2 Å². The average molecular weight is 281 g/mol. The molecule has 1 aromatic carbocycles. The molecule has 62 valence electrons. The van der Waals surface area contributed by atoms with Gasteiger partial charge in [-0.3, -0.25) is 0 Å². The third-order valence-corrected chi connectivity index (χ3v) is 1.75. The molecule has 0 aliphatic rings. The standard InChI is InChI=1S/C6H2F2IN3/c7-4-1-3(9)2-5(8)6(4)11-12-10/h1-2H. The molecule has 3 nitrogen and oxygen atoms in total. The normalized spacial score (nSPS) is 9.25. The Balaban J connectivity index is 3.37. The second kappa shape index (κ2) is 3.68. The SMILES string of the molecule is [N-]=[N+]=Nc1c(F)cc(I)cc1F. The van der Waals surface area contributed by atoms with E-state index in [1.807, 2.05) is 0 Å². The number of azide groups is 1. The van der Waals surface area contributed by atoms with E-state index in [-0.39, 0.29) is 0 Å². The highest BCUT2D eigenvalue weighted by molar-refractivity contribution is 14.1. The van der Waals surface area contributed by atoms with Crippen molar-refractivity contribution in [3.8, 4) is 0 Å². The van der Waals surface area contributed by atoms with E-state index in [4.69, 9.17) is 5.53 Å². The molecule has 0 N–H and O–H groups in total. The van der Waals surface area contributed by atoms with Crippen molar-refractivity contribution < 1.29 is 8.78 Å². The third kappa shape index (κ3) is 1.83. The first-order chi connectivity index (χ1) is 5.65. The van der Waals surface area contributed by atoms with Crippen molar-refractivity contribution in [2.75, 3.05) is 0 Å². The number of hydrogen-bond acceptors (Lipinski definition) is 1. The highest BCUT2D eigenvalue weighted by Crippen LogP contribution is 2.24. The van der Waals surface area contributed by atoms with Gasteiger partial charge in [0, 0.05) is 8.48 Å². The minimum atomic E-state index is -0.850. The summed E-state index contributed by atoms with van der Waals surface area (Å²) in [6.45, 7) is 0. The van der Waals surface area contributed by atoms with E-state index < -0.39 is 17.3 Å². The number of nitrogens with zero attached hydrogens (tertiary/aromatic N) is 3. The zero-order chi connectivity index (χ0) is 9.14. The largest absolute Gasteiger partial charge is 0.206 e. The molecule has 0 unspecified atom stereocenters. The molecule has 0 aliphatic heterocycles. The Morgan fingerprint density at radius 2 is 1.83 bits per heavy atom. The zero-order valence-electron chi connectivity index (χ0n) is 5.63. The van der Waals surface area contributed by atoms with Gasteiger partial charge in [0.1, 0.15) is 17.3 Å². The molecular formula is C6H2F2IN3. The van der Waals surface area contributed by atoms with E-state index in [9.17, 15) is 8.78 Å². The molecular weight excluding hydrogens is 279 g/mol. The van der Waals surface area contributed by atoms with Gasteiger partial charge in [0.15, 0.2) is 0 Å². The van der Waals surface area contributed by atoms with E-state index in [2.05, 4.69) is 10.0 Å². The maximum absolute atomic E-state index is 12.8. The summed E-state index contributed by atoms with van der Waals surface area (Å²) in [7, 11) is 0. The number of hydrogen-bond donors (Lipinski definition) is 0. The minimum absolute atomic E-state index is 0.416. The van der Waals surface area contributed by atoms with Crippen LogP contribution in [0.4, 0.5) is 14.5 Å². The molecule has 0 amide bonds. The van der Waals surface area contributed by atoms with Crippen LogP contribution in [0.25, 0.3) is 10.4 Å². The van der Waals surface area contributed by atoms with Crippen LogP contribution in [0.3, 0.4) is 0 Å². The highest BCUT2D eigenvalue weighted by atomic mass is 127. The number of rotatable bonds is 1. The summed E-state index contributed by atoms with van der Waals surface area (Å²) in [5.74, 6) is -1.70. The fourth-order valence-corrected chi connectivity index (χ4v) is 1.22. The smallest absolute Gasteiger partial charge is 0.136 e. The summed E-state index contributed by atoms with van der Waals surface area (Å²) >= 11 is 1.76. The Labute approximate surface area is 80.2 Å². The Morgan fingerprint density at radius 3 is 2.25 bits per heavy atom. The van der Waals surface area contributed by atoms with Gasteiger partial charge in [-0.15, -0.1) is 0 Å². The second-order valence-corrected chi connectivity index (χ2v) is 3.15. The number of halogens is 3. The van der Waals surface area contributed by atoms with Crippen LogP contribution in [-0.2, 0) is 0 Å². The molecule has 0 spiro atoms. The first-order valence-corrected chi connectivity index (χ1v) is 3.92. The van der Waals surface area contributed by atoms with E-state index >= 15 is 0 Å². The Kier molecular flexibility index (Phi) is 2.83. The lowest BCUT2D eigenvalue weighted by Gasteiger charge is -1.97. The van der Waals surface area contributed by atoms with Gasteiger partial charge in [0.05, 0.1) is 0 Å². The van der Waals surface area contributed by atoms with E-state index in [1.54, 1.807) is 22.6 Å². The van der Waals surface area contributed by atoms with Crippen molar-refractivity contribution >= 4 is 28.3 Å². The quantitative estimate of drug-likeness (QED) is 0.327. The topological polar surface area (TPSA) is 48.8 Å². The summed E-state index contributed by atoms with van der Waals surface area (Å²) in [4.78, 5) is 2.30. The lowest BCUT2D eigenvalue weighted by molar-refractivity contribution is 0.585. The summed E-state index contributed by atoms with van der Waals surface area (Å²) in [6, 6.07) is 2.18. The maximum Gasteiger partial charge on any atom is 0.136 e. The monoisotopic (exact) mass is 281 g/mol. The fourth-order valence-electron chi connectivity index (χ4n) is 0.675.